The summed E-state index contributed by atoms with van der Waals surface area (Å²) >= 11 is 0. The first-order valence-corrected chi connectivity index (χ1v) is 8.71. The maximum Gasteiger partial charge on any atom is 0.230 e. The number of para-hydroxylation sites is 1. The monoisotopic (exact) mass is 331 g/mol. The third-order valence-electron chi connectivity index (χ3n) is 5.08. The predicted octanol–water partition coefficient (Wildman–Crippen LogP) is 3.61. The number of hydrogen-bond donors (Lipinski definition) is 1. The maximum atomic E-state index is 12.9. The van der Waals surface area contributed by atoms with Crippen LogP contribution in [-0.4, -0.2) is 15.7 Å². The molecule has 0 bridgehead atoms. The zero-order valence-corrected chi connectivity index (χ0v) is 14.1. The third-order valence-corrected chi connectivity index (χ3v) is 5.08. The molecule has 4 rings (SSSR count). The van der Waals surface area contributed by atoms with Gasteiger partial charge in [-0.25, -0.2) is 4.68 Å². The number of benzene rings is 2. The lowest BCUT2D eigenvalue weighted by Gasteiger charge is -2.40. The first-order valence-electron chi connectivity index (χ1n) is 8.71. The zero-order chi connectivity index (χ0) is 17.1. The highest BCUT2D eigenvalue weighted by molar-refractivity contribution is 5.89. The van der Waals surface area contributed by atoms with E-state index in [0.29, 0.717) is 6.54 Å². The van der Waals surface area contributed by atoms with Crippen LogP contribution in [0, 0.1) is 0 Å². The van der Waals surface area contributed by atoms with Gasteiger partial charge in [0.1, 0.15) is 0 Å². The van der Waals surface area contributed by atoms with Crippen LogP contribution >= 0.6 is 0 Å². The van der Waals surface area contributed by atoms with Gasteiger partial charge in [-0.15, -0.1) is 0 Å². The van der Waals surface area contributed by atoms with Crippen molar-refractivity contribution in [2.45, 2.75) is 31.2 Å². The van der Waals surface area contributed by atoms with Gasteiger partial charge in [-0.05, 0) is 30.5 Å². The van der Waals surface area contributed by atoms with Crippen LogP contribution in [0.2, 0.25) is 0 Å². The second-order valence-corrected chi connectivity index (χ2v) is 6.61. The fraction of sp³-hybridized carbons (Fsp3) is 0.238. The van der Waals surface area contributed by atoms with Gasteiger partial charge in [0.2, 0.25) is 5.91 Å². The molecule has 1 aromatic heterocycles. The van der Waals surface area contributed by atoms with Crippen molar-refractivity contribution in [3.8, 4) is 5.69 Å². The highest BCUT2D eigenvalue weighted by Gasteiger charge is 2.45. The van der Waals surface area contributed by atoms with E-state index in [1.807, 2.05) is 65.6 Å². The Balaban J connectivity index is 1.45. The first kappa shape index (κ1) is 15.6. The molecule has 3 aromatic rings. The summed E-state index contributed by atoms with van der Waals surface area (Å²) in [6.07, 6.45) is 6.72. The van der Waals surface area contributed by atoms with E-state index in [1.165, 1.54) is 0 Å². The zero-order valence-electron chi connectivity index (χ0n) is 14.1. The molecule has 0 spiro atoms. The van der Waals surface area contributed by atoms with Crippen molar-refractivity contribution in [3.63, 3.8) is 0 Å². The Morgan fingerprint density at radius 2 is 1.72 bits per heavy atom. The van der Waals surface area contributed by atoms with Gasteiger partial charge in [-0.3, -0.25) is 4.79 Å². The summed E-state index contributed by atoms with van der Waals surface area (Å²) in [5.74, 6) is 0.123. The molecule has 1 fully saturated rings. The van der Waals surface area contributed by atoms with Crippen LogP contribution in [0.3, 0.4) is 0 Å². The summed E-state index contributed by atoms with van der Waals surface area (Å²) in [7, 11) is 0. The van der Waals surface area contributed by atoms with Crippen molar-refractivity contribution in [2.75, 3.05) is 0 Å². The normalized spacial score (nSPS) is 15.4. The van der Waals surface area contributed by atoms with Crippen LogP contribution in [0.25, 0.3) is 5.69 Å². The SMILES string of the molecule is O=C(NCc1cnn(-c2ccccc2)c1)C1(c2ccccc2)CCC1. The van der Waals surface area contributed by atoms with Crippen LogP contribution in [0.15, 0.2) is 73.1 Å². The van der Waals surface area contributed by atoms with Gasteiger partial charge in [0, 0.05) is 18.3 Å². The number of amides is 1. The minimum absolute atomic E-state index is 0.123. The Labute approximate surface area is 147 Å². The van der Waals surface area contributed by atoms with Crippen molar-refractivity contribution >= 4 is 5.91 Å². The number of nitrogens with one attached hydrogen (secondary N) is 1. The Bertz CT molecular complexity index is 851. The average molecular weight is 331 g/mol. The Hall–Kier alpha value is -2.88. The molecule has 0 saturated heterocycles. The Kier molecular flexibility index (Phi) is 4.10. The van der Waals surface area contributed by atoms with Crippen LogP contribution in [0.4, 0.5) is 0 Å². The van der Waals surface area contributed by atoms with E-state index >= 15 is 0 Å². The van der Waals surface area contributed by atoms with E-state index < -0.39 is 0 Å². The molecule has 1 aliphatic carbocycles. The van der Waals surface area contributed by atoms with E-state index in [1.54, 1.807) is 0 Å². The topological polar surface area (TPSA) is 46.9 Å². The molecule has 25 heavy (non-hydrogen) atoms. The summed E-state index contributed by atoms with van der Waals surface area (Å²) in [6, 6.07) is 20.1. The van der Waals surface area contributed by atoms with E-state index in [2.05, 4.69) is 22.5 Å². The molecule has 4 nitrogen and oxygen atoms in total. The maximum absolute atomic E-state index is 12.9. The molecule has 0 radical (unpaired) electrons. The van der Waals surface area contributed by atoms with Crippen LogP contribution in [-0.2, 0) is 16.8 Å². The Morgan fingerprint density at radius 1 is 1.04 bits per heavy atom. The van der Waals surface area contributed by atoms with Gasteiger partial charge in [-0.1, -0.05) is 55.0 Å². The van der Waals surface area contributed by atoms with Crippen LogP contribution in [0.5, 0.6) is 0 Å². The Morgan fingerprint density at radius 3 is 2.36 bits per heavy atom. The standard InChI is InChI=1S/C21H21N3O/c25-20(21(12-7-13-21)18-8-3-1-4-9-18)22-14-17-15-23-24(16-17)19-10-5-2-6-11-19/h1-6,8-11,15-16H,7,12-14H2,(H,22,25). The van der Waals surface area contributed by atoms with E-state index in [4.69, 9.17) is 0 Å². The van der Waals surface area contributed by atoms with Crippen molar-refractivity contribution in [2.24, 2.45) is 0 Å². The molecule has 2 aromatic carbocycles. The fourth-order valence-corrected chi connectivity index (χ4v) is 3.46. The van der Waals surface area contributed by atoms with E-state index in [9.17, 15) is 4.79 Å². The molecular weight excluding hydrogens is 310 g/mol. The quantitative estimate of drug-likeness (QED) is 0.776. The van der Waals surface area contributed by atoms with Gasteiger partial charge in [0.15, 0.2) is 0 Å². The molecular formula is C21H21N3O. The molecule has 0 aliphatic heterocycles. The minimum Gasteiger partial charge on any atom is -0.351 e. The molecule has 1 amide bonds. The number of carbonyl (C=O) groups is 1. The summed E-state index contributed by atoms with van der Waals surface area (Å²) in [5.41, 5.74) is 2.79. The number of nitrogens with zero attached hydrogens (tertiary/aromatic N) is 2. The molecule has 1 heterocycles. The number of rotatable bonds is 5. The van der Waals surface area contributed by atoms with Crippen molar-refractivity contribution in [3.05, 3.63) is 84.2 Å². The number of aromatic nitrogens is 2. The lowest BCUT2D eigenvalue weighted by Crippen LogP contribution is -2.48. The summed E-state index contributed by atoms with van der Waals surface area (Å²) < 4.78 is 1.83. The summed E-state index contributed by atoms with van der Waals surface area (Å²) in [4.78, 5) is 12.9. The lowest BCUT2D eigenvalue weighted by molar-refractivity contribution is -0.130. The molecule has 0 atom stereocenters. The third kappa shape index (κ3) is 2.95. The second-order valence-electron chi connectivity index (χ2n) is 6.61. The first-order chi connectivity index (χ1) is 12.3. The summed E-state index contributed by atoms with van der Waals surface area (Å²) in [6.45, 7) is 0.500. The van der Waals surface area contributed by atoms with Crippen molar-refractivity contribution < 1.29 is 4.79 Å². The van der Waals surface area contributed by atoms with Crippen molar-refractivity contribution in [1.29, 1.82) is 0 Å². The molecule has 1 N–H and O–H groups in total. The number of carbonyl (C=O) groups excluding carboxylic acids is 1. The van der Waals surface area contributed by atoms with E-state index in [-0.39, 0.29) is 11.3 Å². The van der Waals surface area contributed by atoms with Crippen molar-refractivity contribution in [1.82, 2.24) is 15.1 Å². The number of hydrogen-bond acceptors (Lipinski definition) is 2. The smallest absolute Gasteiger partial charge is 0.230 e. The minimum atomic E-state index is -0.351. The highest BCUT2D eigenvalue weighted by atomic mass is 16.2. The predicted molar refractivity (Wildman–Crippen MR) is 97.4 cm³/mol. The average Bonchev–Trinajstić information content (AvgIpc) is 3.10. The second kappa shape index (κ2) is 6.55. The van der Waals surface area contributed by atoms with Gasteiger partial charge in [0.25, 0.3) is 0 Å². The van der Waals surface area contributed by atoms with Gasteiger partial charge < -0.3 is 5.32 Å². The van der Waals surface area contributed by atoms with Gasteiger partial charge >= 0.3 is 0 Å². The molecule has 4 heteroatoms. The highest BCUT2D eigenvalue weighted by Crippen LogP contribution is 2.43. The van der Waals surface area contributed by atoms with Gasteiger partial charge in [-0.2, -0.15) is 5.10 Å². The molecule has 1 saturated carbocycles. The van der Waals surface area contributed by atoms with E-state index in [0.717, 1.165) is 36.1 Å². The fourth-order valence-electron chi connectivity index (χ4n) is 3.46. The molecule has 0 unspecified atom stereocenters. The largest absolute Gasteiger partial charge is 0.351 e. The van der Waals surface area contributed by atoms with Gasteiger partial charge in [0.05, 0.1) is 17.3 Å². The molecule has 126 valence electrons. The van der Waals surface area contributed by atoms with Crippen LogP contribution < -0.4 is 5.32 Å². The van der Waals surface area contributed by atoms with Crippen LogP contribution in [0.1, 0.15) is 30.4 Å². The summed E-state index contributed by atoms with van der Waals surface area (Å²) in [5, 5.41) is 7.50. The lowest BCUT2D eigenvalue weighted by atomic mass is 9.64. The molecule has 1 aliphatic rings.